The van der Waals surface area contributed by atoms with Crippen molar-refractivity contribution in [3.63, 3.8) is 0 Å². The first kappa shape index (κ1) is 9.19. The van der Waals surface area contributed by atoms with Gasteiger partial charge in [-0.05, 0) is 17.7 Å². The van der Waals surface area contributed by atoms with E-state index in [1.54, 1.807) is 12.1 Å². The monoisotopic (exact) mass is 193 g/mol. The second-order valence-corrected chi connectivity index (χ2v) is 4.02. The maximum absolute atomic E-state index is 12.7. The number of benzene rings is 1. The Morgan fingerprint density at radius 3 is 2.50 bits per heavy atom. The molecule has 1 saturated heterocycles. The average molecular weight is 193 g/mol. The molecule has 1 amide bonds. The van der Waals surface area contributed by atoms with E-state index in [9.17, 15) is 9.18 Å². The van der Waals surface area contributed by atoms with Crippen molar-refractivity contribution in [1.82, 2.24) is 5.32 Å². The number of carbonyl (C=O) groups excluding carboxylic acids is 1. The van der Waals surface area contributed by atoms with Crippen LogP contribution in [0.15, 0.2) is 24.3 Å². The second-order valence-electron chi connectivity index (χ2n) is 4.02. The molecular formula is C11H12FNO. The molecule has 1 aliphatic rings. The summed E-state index contributed by atoms with van der Waals surface area (Å²) in [4.78, 5) is 11.1. The first-order valence-electron chi connectivity index (χ1n) is 4.63. The Kier molecular flexibility index (Phi) is 2.02. The Morgan fingerprint density at radius 1 is 1.36 bits per heavy atom. The van der Waals surface area contributed by atoms with Gasteiger partial charge in [0.25, 0.3) is 0 Å². The van der Waals surface area contributed by atoms with Crippen LogP contribution in [0.25, 0.3) is 0 Å². The predicted molar refractivity (Wildman–Crippen MR) is 51.4 cm³/mol. The lowest BCUT2D eigenvalue weighted by atomic mass is 9.82. The van der Waals surface area contributed by atoms with Crippen LogP contribution in [0.5, 0.6) is 0 Å². The Bertz CT molecular complexity index is 360. The van der Waals surface area contributed by atoms with Crippen molar-refractivity contribution in [2.24, 2.45) is 0 Å². The van der Waals surface area contributed by atoms with Gasteiger partial charge >= 0.3 is 0 Å². The van der Waals surface area contributed by atoms with E-state index in [4.69, 9.17) is 0 Å². The SMILES string of the molecule is CC1(c2ccc(F)cc2)CNC(=O)C1. The van der Waals surface area contributed by atoms with Crippen molar-refractivity contribution in [2.75, 3.05) is 6.54 Å². The van der Waals surface area contributed by atoms with Crippen molar-refractivity contribution < 1.29 is 9.18 Å². The molecule has 2 nitrogen and oxygen atoms in total. The molecule has 0 spiro atoms. The molecular weight excluding hydrogens is 181 g/mol. The van der Waals surface area contributed by atoms with Gasteiger partial charge in [0.1, 0.15) is 5.82 Å². The zero-order valence-corrected chi connectivity index (χ0v) is 8.01. The predicted octanol–water partition coefficient (Wildman–Crippen LogP) is 1.60. The van der Waals surface area contributed by atoms with Gasteiger partial charge in [0.2, 0.25) is 5.91 Å². The first-order valence-corrected chi connectivity index (χ1v) is 4.63. The Hall–Kier alpha value is -1.38. The number of amides is 1. The Balaban J connectivity index is 2.30. The lowest BCUT2D eigenvalue weighted by Crippen LogP contribution is -2.24. The standard InChI is InChI=1S/C11H12FNO/c1-11(6-10(14)13-7-11)8-2-4-9(12)5-3-8/h2-5H,6-7H2,1H3,(H,13,14). The van der Waals surface area contributed by atoms with E-state index < -0.39 is 0 Å². The molecule has 0 aromatic heterocycles. The van der Waals surface area contributed by atoms with E-state index in [1.165, 1.54) is 12.1 Å². The summed E-state index contributed by atoms with van der Waals surface area (Å²) in [5.41, 5.74) is 0.836. The molecule has 14 heavy (non-hydrogen) atoms. The maximum atomic E-state index is 12.7. The van der Waals surface area contributed by atoms with Crippen molar-refractivity contribution >= 4 is 5.91 Å². The number of hydrogen-bond acceptors (Lipinski definition) is 1. The van der Waals surface area contributed by atoms with E-state index in [1.807, 2.05) is 6.92 Å². The van der Waals surface area contributed by atoms with Crippen molar-refractivity contribution in [1.29, 1.82) is 0 Å². The summed E-state index contributed by atoms with van der Waals surface area (Å²) in [6, 6.07) is 6.36. The fraction of sp³-hybridized carbons (Fsp3) is 0.364. The Labute approximate surface area is 82.1 Å². The fourth-order valence-corrected chi connectivity index (χ4v) is 1.83. The van der Waals surface area contributed by atoms with Crippen molar-refractivity contribution in [3.8, 4) is 0 Å². The molecule has 1 heterocycles. The summed E-state index contributed by atoms with van der Waals surface area (Å²) < 4.78 is 12.7. The summed E-state index contributed by atoms with van der Waals surface area (Å²) in [6.45, 7) is 2.65. The van der Waals surface area contributed by atoms with Gasteiger partial charge < -0.3 is 5.32 Å². The van der Waals surface area contributed by atoms with Crippen LogP contribution in [0.3, 0.4) is 0 Å². The highest BCUT2D eigenvalue weighted by molar-refractivity contribution is 5.80. The van der Waals surface area contributed by atoms with Gasteiger partial charge in [0.05, 0.1) is 0 Å². The van der Waals surface area contributed by atoms with Crippen LogP contribution in [0.2, 0.25) is 0 Å². The minimum absolute atomic E-state index is 0.0665. The number of nitrogens with one attached hydrogen (secondary N) is 1. The molecule has 0 bridgehead atoms. The number of halogens is 1. The molecule has 3 heteroatoms. The van der Waals surface area contributed by atoms with Crippen LogP contribution in [0.4, 0.5) is 4.39 Å². The third-order valence-electron chi connectivity index (χ3n) is 2.77. The van der Waals surface area contributed by atoms with E-state index in [-0.39, 0.29) is 17.1 Å². The van der Waals surface area contributed by atoms with E-state index in [2.05, 4.69) is 5.32 Å². The molecule has 0 radical (unpaired) electrons. The van der Waals surface area contributed by atoms with Crippen LogP contribution in [0.1, 0.15) is 18.9 Å². The molecule has 1 aromatic rings. The molecule has 0 saturated carbocycles. The van der Waals surface area contributed by atoms with Gasteiger partial charge in [0.15, 0.2) is 0 Å². The maximum Gasteiger partial charge on any atom is 0.220 e. The van der Waals surface area contributed by atoms with Crippen LogP contribution >= 0.6 is 0 Å². The molecule has 2 rings (SSSR count). The summed E-state index contributed by atoms with van der Waals surface area (Å²) in [5.74, 6) is -0.175. The van der Waals surface area contributed by atoms with Crippen LogP contribution in [-0.4, -0.2) is 12.5 Å². The smallest absolute Gasteiger partial charge is 0.220 e. The summed E-state index contributed by atoms with van der Waals surface area (Å²) in [7, 11) is 0. The number of rotatable bonds is 1. The molecule has 0 aliphatic carbocycles. The highest BCUT2D eigenvalue weighted by Gasteiger charge is 2.35. The second kappa shape index (κ2) is 3.08. The van der Waals surface area contributed by atoms with E-state index in [0.29, 0.717) is 13.0 Å². The zero-order valence-electron chi connectivity index (χ0n) is 8.01. The molecule has 1 unspecified atom stereocenters. The molecule has 74 valence electrons. The van der Waals surface area contributed by atoms with E-state index >= 15 is 0 Å². The number of hydrogen-bond donors (Lipinski definition) is 1. The topological polar surface area (TPSA) is 29.1 Å². The molecule has 1 aliphatic heterocycles. The molecule has 1 fully saturated rings. The van der Waals surface area contributed by atoms with Gasteiger partial charge in [-0.1, -0.05) is 19.1 Å². The largest absolute Gasteiger partial charge is 0.355 e. The third kappa shape index (κ3) is 1.50. The zero-order chi connectivity index (χ0) is 10.2. The van der Waals surface area contributed by atoms with Gasteiger partial charge in [-0.15, -0.1) is 0 Å². The van der Waals surface area contributed by atoms with Gasteiger partial charge in [-0.25, -0.2) is 4.39 Å². The molecule has 1 atom stereocenters. The quantitative estimate of drug-likeness (QED) is 0.721. The lowest BCUT2D eigenvalue weighted by molar-refractivity contribution is -0.119. The normalized spacial score (nSPS) is 26.3. The van der Waals surface area contributed by atoms with Crippen LogP contribution < -0.4 is 5.32 Å². The molecule has 1 N–H and O–H groups in total. The molecule has 1 aromatic carbocycles. The highest BCUT2D eigenvalue weighted by atomic mass is 19.1. The van der Waals surface area contributed by atoms with Gasteiger partial charge in [-0.3, -0.25) is 4.79 Å². The van der Waals surface area contributed by atoms with Gasteiger partial charge in [0, 0.05) is 18.4 Å². The minimum atomic E-state index is -0.241. The first-order chi connectivity index (χ1) is 6.60. The van der Waals surface area contributed by atoms with Crippen molar-refractivity contribution in [2.45, 2.75) is 18.8 Å². The summed E-state index contributed by atoms with van der Waals surface area (Å²) in [6.07, 6.45) is 0.485. The van der Waals surface area contributed by atoms with Crippen LogP contribution in [-0.2, 0) is 10.2 Å². The highest BCUT2D eigenvalue weighted by Crippen LogP contribution is 2.30. The van der Waals surface area contributed by atoms with Crippen molar-refractivity contribution in [3.05, 3.63) is 35.6 Å². The lowest BCUT2D eigenvalue weighted by Gasteiger charge is -2.21. The minimum Gasteiger partial charge on any atom is -0.355 e. The summed E-state index contributed by atoms with van der Waals surface area (Å²) in [5, 5.41) is 2.79. The Morgan fingerprint density at radius 2 is 2.00 bits per heavy atom. The van der Waals surface area contributed by atoms with E-state index in [0.717, 1.165) is 5.56 Å². The van der Waals surface area contributed by atoms with Crippen LogP contribution in [0, 0.1) is 5.82 Å². The average Bonchev–Trinajstić information content (AvgIpc) is 2.48. The fourth-order valence-electron chi connectivity index (χ4n) is 1.83. The van der Waals surface area contributed by atoms with Gasteiger partial charge in [-0.2, -0.15) is 0 Å². The number of carbonyl (C=O) groups is 1. The summed E-state index contributed by atoms with van der Waals surface area (Å²) >= 11 is 0. The third-order valence-corrected chi connectivity index (χ3v) is 2.77.